The fourth-order valence-electron chi connectivity index (χ4n) is 3.09. The highest BCUT2D eigenvalue weighted by Gasteiger charge is 2.37. The molecule has 2 N–H and O–H groups in total. The molecule has 3 heteroatoms. The first-order valence-electron chi connectivity index (χ1n) is 6.74. The average molecular weight is 244 g/mol. The molecule has 0 saturated heterocycles. The number of aryl methyl sites for hydroxylation is 1. The molecule has 96 valence electrons. The lowest BCUT2D eigenvalue weighted by Crippen LogP contribution is -2.41. The van der Waals surface area contributed by atoms with E-state index >= 15 is 0 Å². The molecule has 1 aliphatic carbocycles. The highest BCUT2D eigenvalue weighted by atomic mass is 16.4. The third-order valence-electron chi connectivity index (χ3n) is 4.07. The van der Waals surface area contributed by atoms with E-state index in [2.05, 4.69) is 11.9 Å². The fraction of sp³-hybridized carbons (Fsp3) is 0.533. The van der Waals surface area contributed by atoms with Crippen LogP contribution in [0.4, 0.5) is 0 Å². The summed E-state index contributed by atoms with van der Waals surface area (Å²) in [6, 6.07) is 6.05. The summed E-state index contributed by atoms with van der Waals surface area (Å²) in [7, 11) is 0. The number of nitrogens with zero attached hydrogens (tertiary/aromatic N) is 1. The Morgan fingerprint density at radius 1 is 1.44 bits per heavy atom. The Morgan fingerprint density at radius 2 is 2.28 bits per heavy atom. The van der Waals surface area contributed by atoms with Crippen molar-refractivity contribution in [1.29, 1.82) is 0 Å². The summed E-state index contributed by atoms with van der Waals surface area (Å²) in [6.07, 6.45) is 4.37. The molecule has 2 unspecified atom stereocenters. The van der Waals surface area contributed by atoms with Gasteiger partial charge in [-0.25, -0.2) is 4.98 Å². The minimum atomic E-state index is -0.372. The van der Waals surface area contributed by atoms with Gasteiger partial charge >= 0.3 is 0 Å². The molecule has 0 bridgehead atoms. The first-order chi connectivity index (χ1) is 8.58. The van der Waals surface area contributed by atoms with Crippen molar-refractivity contribution < 1.29 is 4.42 Å². The second-order valence-electron chi connectivity index (χ2n) is 5.80. The summed E-state index contributed by atoms with van der Waals surface area (Å²) in [5, 5.41) is 0. The molecule has 0 radical (unpaired) electrons. The molecule has 1 fully saturated rings. The van der Waals surface area contributed by atoms with Crippen LogP contribution in [-0.4, -0.2) is 4.98 Å². The van der Waals surface area contributed by atoms with Crippen LogP contribution in [0, 0.1) is 12.8 Å². The van der Waals surface area contributed by atoms with E-state index in [1.165, 1.54) is 6.42 Å². The molecule has 18 heavy (non-hydrogen) atoms. The summed E-state index contributed by atoms with van der Waals surface area (Å²) in [6.45, 7) is 4.30. The number of rotatable bonds is 1. The Kier molecular flexibility index (Phi) is 2.67. The lowest BCUT2D eigenvalue weighted by atomic mass is 9.77. The molecule has 1 heterocycles. The highest BCUT2D eigenvalue weighted by molar-refractivity contribution is 5.76. The van der Waals surface area contributed by atoms with Gasteiger partial charge in [-0.1, -0.05) is 31.9 Å². The zero-order valence-electron chi connectivity index (χ0n) is 11.1. The Balaban J connectivity index is 2.06. The van der Waals surface area contributed by atoms with Gasteiger partial charge in [0.15, 0.2) is 5.58 Å². The Labute approximate surface area is 107 Å². The van der Waals surface area contributed by atoms with E-state index in [-0.39, 0.29) is 5.54 Å². The van der Waals surface area contributed by atoms with Crippen LogP contribution >= 0.6 is 0 Å². The van der Waals surface area contributed by atoms with E-state index < -0.39 is 0 Å². The summed E-state index contributed by atoms with van der Waals surface area (Å²) in [5.74, 6) is 1.37. The normalized spacial score (nSPS) is 28.7. The fourth-order valence-corrected chi connectivity index (χ4v) is 3.09. The van der Waals surface area contributed by atoms with Crippen molar-refractivity contribution in [2.75, 3.05) is 0 Å². The van der Waals surface area contributed by atoms with Crippen molar-refractivity contribution in [2.24, 2.45) is 11.7 Å². The number of hydrogen-bond donors (Lipinski definition) is 1. The van der Waals surface area contributed by atoms with Crippen LogP contribution in [0.3, 0.4) is 0 Å². The van der Waals surface area contributed by atoms with Gasteiger partial charge in [-0.3, -0.25) is 0 Å². The monoisotopic (exact) mass is 244 g/mol. The Morgan fingerprint density at radius 3 is 3.00 bits per heavy atom. The van der Waals surface area contributed by atoms with Gasteiger partial charge in [0, 0.05) is 0 Å². The molecule has 3 nitrogen and oxygen atoms in total. The Bertz CT molecular complexity index is 575. The smallest absolute Gasteiger partial charge is 0.215 e. The van der Waals surface area contributed by atoms with Crippen LogP contribution in [0.15, 0.2) is 22.6 Å². The van der Waals surface area contributed by atoms with Gasteiger partial charge in [-0.2, -0.15) is 0 Å². The molecule has 1 aromatic carbocycles. The maximum Gasteiger partial charge on any atom is 0.215 e. The molecule has 0 spiro atoms. The number of benzene rings is 1. The van der Waals surface area contributed by atoms with Gasteiger partial charge in [-0.15, -0.1) is 0 Å². The minimum Gasteiger partial charge on any atom is -0.438 e. The summed E-state index contributed by atoms with van der Waals surface area (Å²) in [5.41, 5.74) is 9.09. The van der Waals surface area contributed by atoms with Crippen molar-refractivity contribution in [3.8, 4) is 0 Å². The van der Waals surface area contributed by atoms with Crippen molar-refractivity contribution in [1.82, 2.24) is 4.98 Å². The molecule has 2 aromatic rings. The summed E-state index contributed by atoms with van der Waals surface area (Å²) < 4.78 is 5.95. The number of hydrogen-bond acceptors (Lipinski definition) is 3. The lowest BCUT2D eigenvalue weighted by Gasteiger charge is -2.33. The van der Waals surface area contributed by atoms with E-state index in [1.807, 2.05) is 25.1 Å². The van der Waals surface area contributed by atoms with Gasteiger partial charge < -0.3 is 10.2 Å². The largest absolute Gasteiger partial charge is 0.438 e. The molecule has 0 aliphatic heterocycles. The van der Waals surface area contributed by atoms with Gasteiger partial charge in [0.05, 0.1) is 5.54 Å². The van der Waals surface area contributed by atoms with Crippen molar-refractivity contribution in [3.63, 3.8) is 0 Å². The van der Waals surface area contributed by atoms with Crippen LogP contribution < -0.4 is 5.73 Å². The van der Waals surface area contributed by atoms with Gasteiger partial charge in [-0.05, 0) is 37.3 Å². The van der Waals surface area contributed by atoms with E-state index in [9.17, 15) is 0 Å². The number of fused-ring (bicyclic) bond motifs is 1. The average Bonchev–Trinajstić information content (AvgIpc) is 2.75. The summed E-state index contributed by atoms with van der Waals surface area (Å²) in [4.78, 5) is 4.61. The molecular formula is C15H20N2O. The number of aromatic nitrogens is 1. The molecular weight excluding hydrogens is 224 g/mol. The van der Waals surface area contributed by atoms with Crippen LogP contribution in [0.25, 0.3) is 11.1 Å². The van der Waals surface area contributed by atoms with Crippen molar-refractivity contribution in [3.05, 3.63) is 29.7 Å². The molecule has 2 atom stereocenters. The van der Waals surface area contributed by atoms with Gasteiger partial charge in [0.2, 0.25) is 5.89 Å². The van der Waals surface area contributed by atoms with E-state index in [0.717, 1.165) is 41.8 Å². The van der Waals surface area contributed by atoms with Gasteiger partial charge in [0.1, 0.15) is 5.52 Å². The maximum atomic E-state index is 6.53. The SMILES string of the molecule is Cc1cccc2nc(C3(N)CCCC(C)C3)oc12. The zero-order chi connectivity index (χ0) is 12.8. The van der Waals surface area contributed by atoms with Gasteiger partial charge in [0.25, 0.3) is 0 Å². The van der Waals surface area contributed by atoms with Crippen LogP contribution in [0.5, 0.6) is 0 Å². The summed E-state index contributed by atoms with van der Waals surface area (Å²) >= 11 is 0. The number of para-hydroxylation sites is 1. The molecule has 1 saturated carbocycles. The third-order valence-corrected chi connectivity index (χ3v) is 4.07. The Hall–Kier alpha value is -1.35. The predicted octanol–water partition coefficient (Wildman–Crippen LogP) is 3.50. The lowest BCUT2D eigenvalue weighted by molar-refractivity contribution is 0.201. The van der Waals surface area contributed by atoms with E-state index in [0.29, 0.717) is 5.92 Å². The highest BCUT2D eigenvalue weighted by Crippen LogP contribution is 2.38. The minimum absolute atomic E-state index is 0.372. The molecule has 1 aromatic heterocycles. The van der Waals surface area contributed by atoms with Crippen molar-refractivity contribution in [2.45, 2.75) is 45.1 Å². The molecule has 3 rings (SSSR count). The first-order valence-corrected chi connectivity index (χ1v) is 6.74. The molecule has 1 aliphatic rings. The third kappa shape index (κ3) is 1.83. The van der Waals surface area contributed by atoms with Crippen molar-refractivity contribution >= 4 is 11.1 Å². The zero-order valence-corrected chi connectivity index (χ0v) is 11.1. The predicted molar refractivity (Wildman–Crippen MR) is 72.2 cm³/mol. The van der Waals surface area contributed by atoms with Crippen LogP contribution in [0.2, 0.25) is 0 Å². The first kappa shape index (κ1) is 11.7. The number of nitrogens with two attached hydrogens (primary N) is 1. The second kappa shape index (κ2) is 4.09. The quantitative estimate of drug-likeness (QED) is 0.835. The standard InChI is InChI=1S/C15H20N2O/c1-10-5-4-8-15(16,9-10)14-17-12-7-3-6-11(2)13(12)18-14/h3,6-7,10H,4-5,8-9,16H2,1-2H3. The topological polar surface area (TPSA) is 52.0 Å². The van der Waals surface area contributed by atoms with Crippen LogP contribution in [-0.2, 0) is 5.54 Å². The van der Waals surface area contributed by atoms with E-state index in [4.69, 9.17) is 10.2 Å². The van der Waals surface area contributed by atoms with E-state index in [1.54, 1.807) is 0 Å². The maximum absolute atomic E-state index is 6.53. The second-order valence-corrected chi connectivity index (χ2v) is 5.80. The molecule has 0 amide bonds. The number of oxazole rings is 1. The van der Waals surface area contributed by atoms with Crippen LogP contribution in [0.1, 0.15) is 44.1 Å².